The number of halogens is 2. The van der Waals surface area contributed by atoms with Crippen molar-refractivity contribution >= 4 is 17.3 Å². The summed E-state index contributed by atoms with van der Waals surface area (Å²) in [5.74, 6) is 5.41. The molecule has 3 aromatic rings. The maximum atomic E-state index is 13.7. The third-order valence-electron chi connectivity index (χ3n) is 3.69. The predicted molar refractivity (Wildman–Crippen MR) is 104 cm³/mol. The zero-order chi connectivity index (χ0) is 19.1. The van der Waals surface area contributed by atoms with E-state index in [9.17, 15) is 4.39 Å². The Labute approximate surface area is 162 Å². The van der Waals surface area contributed by atoms with Gasteiger partial charge in [-0.05, 0) is 31.2 Å². The Balaban J connectivity index is 1.87. The first-order valence-electron chi connectivity index (χ1n) is 8.38. The molecule has 0 spiro atoms. The molecule has 136 valence electrons. The highest BCUT2D eigenvalue weighted by Gasteiger charge is 2.11. The molecule has 0 atom stereocenters. The number of hydrogen-bond donors (Lipinski definition) is 0. The first-order valence-corrected chi connectivity index (χ1v) is 8.76. The van der Waals surface area contributed by atoms with E-state index >= 15 is 0 Å². The number of nitrogens with zero attached hydrogens (tertiary/aromatic N) is 3. The number of hydrogen-bond acceptors (Lipinski definition) is 3. The van der Waals surface area contributed by atoms with Crippen LogP contribution in [-0.4, -0.2) is 21.9 Å². The summed E-state index contributed by atoms with van der Waals surface area (Å²) >= 11 is 6.45. The molecule has 1 heterocycles. The maximum absolute atomic E-state index is 13.7. The van der Waals surface area contributed by atoms with Gasteiger partial charge in [0.1, 0.15) is 18.1 Å². The molecule has 1 aromatic heterocycles. The van der Waals surface area contributed by atoms with Gasteiger partial charge in [-0.15, -0.1) is 0 Å². The minimum absolute atomic E-state index is 0.344. The summed E-state index contributed by atoms with van der Waals surface area (Å²) in [6.45, 7) is 2.79. The topological polar surface area (TPSA) is 39.4 Å². The van der Waals surface area contributed by atoms with Crippen LogP contribution >= 0.6 is 11.6 Å². The summed E-state index contributed by atoms with van der Waals surface area (Å²) in [7, 11) is 0. The Hall–Kier alpha value is -3.10. The maximum Gasteiger partial charge on any atom is 0.138 e. The van der Waals surface area contributed by atoms with Crippen LogP contribution in [0.4, 0.5) is 4.39 Å². The van der Waals surface area contributed by atoms with Crippen molar-refractivity contribution in [3.05, 3.63) is 88.7 Å². The van der Waals surface area contributed by atoms with Crippen LogP contribution in [0.3, 0.4) is 0 Å². The van der Waals surface area contributed by atoms with Crippen molar-refractivity contribution < 1.29 is 9.23 Å². The molecule has 2 aromatic carbocycles. The van der Waals surface area contributed by atoms with Crippen LogP contribution in [0.25, 0.3) is 0 Å². The van der Waals surface area contributed by atoms with Crippen molar-refractivity contribution in [2.75, 3.05) is 6.61 Å². The Bertz CT molecular complexity index is 1000. The van der Waals surface area contributed by atoms with Gasteiger partial charge in [0.05, 0.1) is 23.5 Å². The highest BCUT2D eigenvalue weighted by molar-refractivity contribution is 6.34. The van der Waals surface area contributed by atoms with Gasteiger partial charge in [-0.3, -0.25) is 0 Å². The van der Waals surface area contributed by atoms with E-state index in [0.29, 0.717) is 35.0 Å². The second kappa shape index (κ2) is 9.02. The first-order chi connectivity index (χ1) is 13.2. The average molecular weight is 382 g/mol. The zero-order valence-corrected chi connectivity index (χ0v) is 15.4. The minimum atomic E-state index is -0.348. The summed E-state index contributed by atoms with van der Waals surface area (Å²) in [6.07, 6.45) is 5.23. The summed E-state index contributed by atoms with van der Waals surface area (Å²) in [5.41, 5.74) is 2.45. The molecular formula is C21H17ClFN3O. The van der Waals surface area contributed by atoms with Crippen molar-refractivity contribution in [3.63, 3.8) is 0 Å². The molecular weight excluding hydrogens is 365 g/mol. The van der Waals surface area contributed by atoms with Gasteiger partial charge in [0, 0.05) is 23.5 Å². The molecule has 27 heavy (non-hydrogen) atoms. The molecule has 0 saturated carbocycles. The third kappa shape index (κ3) is 4.96. The van der Waals surface area contributed by atoms with Crippen LogP contribution in [0, 0.1) is 17.7 Å². The number of imidazole rings is 1. The molecule has 0 aliphatic heterocycles. The Morgan fingerprint density at radius 2 is 2.11 bits per heavy atom. The Morgan fingerprint density at radius 1 is 1.26 bits per heavy atom. The van der Waals surface area contributed by atoms with E-state index < -0.39 is 0 Å². The second-order valence-electron chi connectivity index (χ2n) is 5.62. The molecule has 0 bridgehead atoms. The first kappa shape index (κ1) is 18.7. The molecule has 3 rings (SSSR count). The molecule has 0 saturated heterocycles. The van der Waals surface area contributed by atoms with Gasteiger partial charge in [-0.2, -0.15) is 0 Å². The van der Waals surface area contributed by atoms with E-state index in [1.807, 2.05) is 29.8 Å². The number of rotatable bonds is 5. The summed E-state index contributed by atoms with van der Waals surface area (Å²) in [6, 6.07) is 11.8. The molecule has 0 fully saturated rings. The van der Waals surface area contributed by atoms with Gasteiger partial charge in [0.15, 0.2) is 0 Å². The fraction of sp³-hybridized carbons (Fsp3) is 0.143. The molecule has 6 heteroatoms. The van der Waals surface area contributed by atoms with Crippen LogP contribution in [0.15, 0.2) is 66.3 Å². The predicted octanol–water partition coefficient (Wildman–Crippen LogP) is 4.52. The fourth-order valence-electron chi connectivity index (χ4n) is 2.39. The van der Waals surface area contributed by atoms with E-state index in [0.717, 1.165) is 5.56 Å². The highest BCUT2D eigenvalue weighted by Crippen LogP contribution is 2.20. The SMILES string of the molecule is CCON=C(Cn1ccnc1)c1ccc(C#Cc2ccccc2F)cc1Cl. The molecule has 0 unspecified atom stereocenters. The van der Waals surface area contributed by atoms with Crippen molar-refractivity contribution in [2.45, 2.75) is 13.5 Å². The standard InChI is InChI=1S/C21H17ClFN3O/c1-2-27-25-21(14-26-12-11-24-15-26)18-10-8-16(13-19(18)22)7-9-17-5-3-4-6-20(17)23/h3-6,8,10-13,15H,2,14H2,1H3. The van der Waals surface area contributed by atoms with Gasteiger partial charge < -0.3 is 9.40 Å². The monoisotopic (exact) mass is 381 g/mol. The largest absolute Gasteiger partial charge is 0.396 e. The zero-order valence-electron chi connectivity index (χ0n) is 14.7. The summed E-state index contributed by atoms with van der Waals surface area (Å²) in [5, 5.41) is 4.68. The lowest BCUT2D eigenvalue weighted by atomic mass is 10.1. The summed E-state index contributed by atoms with van der Waals surface area (Å²) < 4.78 is 15.5. The normalized spacial score (nSPS) is 11.0. The molecule has 0 aliphatic carbocycles. The number of aromatic nitrogens is 2. The van der Waals surface area contributed by atoms with Crippen molar-refractivity contribution in [1.29, 1.82) is 0 Å². The van der Waals surface area contributed by atoms with Gasteiger partial charge >= 0.3 is 0 Å². The third-order valence-corrected chi connectivity index (χ3v) is 4.00. The second-order valence-corrected chi connectivity index (χ2v) is 6.02. The smallest absolute Gasteiger partial charge is 0.138 e. The molecule has 0 aliphatic rings. The van der Waals surface area contributed by atoms with Gasteiger partial charge in [-0.25, -0.2) is 9.37 Å². The van der Waals surface area contributed by atoms with Gasteiger partial charge in [0.2, 0.25) is 0 Å². The molecule has 4 nitrogen and oxygen atoms in total. The van der Waals surface area contributed by atoms with Crippen LogP contribution < -0.4 is 0 Å². The Morgan fingerprint density at radius 3 is 2.81 bits per heavy atom. The van der Waals surface area contributed by atoms with Crippen LogP contribution in [0.5, 0.6) is 0 Å². The van der Waals surface area contributed by atoms with Crippen LogP contribution in [0.2, 0.25) is 5.02 Å². The quantitative estimate of drug-likeness (QED) is 0.370. The van der Waals surface area contributed by atoms with Crippen molar-refractivity contribution in [2.24, 2.45) is 5.16 Å². The van der Waals surface area contributed by atoms with Crippen molar-refractivity contribution in [1.82, 2.24) is 9.55 Å². The van der Waals surface area contributed by atoms with Crippen molar-refractivity contribution in [3.8, 4) is 11.8 Å². The van der Waals surface area contributed by atoms with E-state index in [4.69, 9.17) is 16.4 Å². The minimum Gasteiger partial charge on any atom is -0.396 e. The van der Waals surface area contributed by atoms with E-state index in [2.05, 4.69) is 22.0 Å². The summed E-state index contributed by atoms with van der Waals surface area (Å²) in [4.78, 5) is 9.26. The lowest BCUT2D eigenvalue weighted by Crippen LogP contribution is -2.12. The average Bonchev–Trinajstić information content (AvgIpc) is 3.18. The molecule has 0 N–H and O–H groups in total. The van der Waals surface area contributed by atoms with E-state index in [1.54, 1.807) is 36.8 Å². The fourth-order valence-corrected chi connectivity index (χ4v) is 2.68. The van der Waals surface area contributed by atoms with Crippen LogP contribution in [0.1, 0.15) is 23.6 Å². The lowest BCUT2D eigenvalue weighted by molar-refractivity contribution is 0.158. The van der Waals surface area contributed by atoms with Gasteiger partial charge in [-0.1, -0.05) is 46.8 Å². The van der Waals surface area contributed by atoms with E-state index in [1.165, 1.54) is 6.07 Å². The Kier molecular flexibility index (Phi) is 6.24. The van der Waals surface area contributed by atoms with Gasteiger partial charge in [0.25, 0.3) is 0 Å². The number of benzene rings is 2. The van der Waals surface area contributed by atoms with Crippen LogP contribution in [-0.2, 0) is 11.4 Å². The lowest BCUT2D eigenvalue weighted by Gasteiger charge is -2.09. The molecule has 0 amide bonds. The molecule has 0 radical (unpaired) electrons. The van der Waals surface area contributed by atoms with E-state index in [-0.39, 0.29) is 5.82 Å². The number of oxime groups is 1. The highest BCUT2D eigenvalue weighted by atomic mass is 35.5.